The molecule has 5 nitrogen and oxygen atoms in total. The lowest BCUT2D eigenvalue weighted by atomic mass is 10.1. The summed E-state index contributed by atoms with van der Waals surface area (Å²) in [7, 11) is 3.33. The van der Waals surface area contributed by atoms with Crippen LogP contribution in [0.25, 0.3) is 0 Å². The number of carbonyl (C=O) groups excluding carboxylic acids is 1. The average Bonchev–Trinajstić information content (AvgIpc) is 2.47. The van der Waals surface area contributed by atoms with E-state index in [0.29, 0.717) is 23.5 Å². The van der Waals surface area contributed by atoms with Gasteiger partial charge in [-0.15, -0.1) is 0 Å². The summed E-state index contributed by atoms with van der Waals surface area (Å²) in [6.45, 7) is 1.38. The van der Waals surface area contributed by atoms with Gasteiger partial charge in [-0.05, 0) is 37.5 Å². The number of nitrogens with zero attached hydrogens (tertiary/aromatic N) is 1. The van der Waals surface area contributed by atoms with Crippen LogP contribution in [0.5, 0.6) is 5.75 Å². The minimum atomic E-state index is -0.0941. The Morgan fingerprint density at radius 3 is 2.95 bits per heavy atom. The van der Waals surface area contributed by atoms with Gasteiger partial charge in [-0.1, -0.05) is 0 Å². The molecule has 0 bridgehead atoms. The van der Waals surface area contributed by atoms with E-state index in [1.165, 1.54) is 0 Å². The molecular formula is C15H22N2O3. The Bertz CT molecular complexity index is 470. The van der Waals surface area contributed by atoms with Crippen LogP contribution in [-0.2, 0) is 4.74 Å². The van der Waals surface area contributed by atoms with Crippen LogP contribution < -0.4 is 10.5 Å². The molecule has 1 aromatic rings. The number of nitrogen functional groups attached to an aromatic ring is 1. The van der Waals surface area contributed by atoms with E-state index < -0.39 is 0 Å². The third kappa shape index (κ3) is 3.42. The largest absolute Gasteiger partial charge is 0.496 e. The number of hydrogen-bond acceptors (Lipinski definition) is 4. The summed E-state index contributed by atoms with van der Waals surface area (Å²) in [4.78, 5) is 14.2. The van der Waals surface area contributed by atoms with Crippen LogP contribution in [0.1, 0.15) is 29.6 Å². The zero-order valence-corrected chi connectivity index (χ0v) is 12.1. The fraction of sp³-hybridized carbons (Fsp3) is 0.533. The van der Waals surface area contributed by atoms with Gasteiger partial charge in [0.15, 0.2) is 0 Å². The summed E-state index contributed by atoms with van der Waals surface area (Å²) in [5.74, 6) is 0.448. The van der Waals surface area contributed by atoms with E-state index in [1.807, 2.05) is 0 Å². The van der Waals surface area contributed by atoms with Gasteiger partial charge in [-0.2, -0.15) is 0 Å². The highest BCUT2D eigenvalue weighted by Gasteiger charge is 2.22. The van der Waals surface area contributed by atoms with Gasteiger partial charge in [-0.3, -0.25) is 4.79 Å². The van der Waals surface area contributed by atoms with E-state index in [9.17, 15) is 4.79 Å². The molecular weight excluding hydrogens is 256 g/mol. The zero-order chi connectivity index (χ0) is 14.5. The summed E-state index contributed by atoms with van der Waals surface area (Å²) in [6.07, 6.45) is 3.40. The van der Waals surface area contributed by atoms with E-state index in [-0.39, 0.29) is 12.0 Å². The average molecular weight is 278 g/mol. The number of ether oxygens (including phenoxy) is 2. The van der Waals surface area contributed by atoms with Crippen LogP contribution in [-0.4, -0.2) is 44.2 Å². The van der Waals surface area contributed by atoms with Crippen molar-refractivity contribution in [3.05, 3.63) is 23.8 Å². The number of rotatable bonds is 4. The lowest BCUT2D eigenvalue weighted by Crippen LogP contribution is -2.37. The molecule has 1 amide bonds. The first-order chi connectivity index (χ1) is 9.61. The topological polar surface area (TPSA) is 64.8 Å². The molecule has 1 saturated heterocycles. The molecule has 0 radical (unpaired) electrons. The molecule has 5 heteroatoms. The Morgan fingerprint density at radius 1 is 1.50 bits per heavy atom. The predicted octanol–water partition coefficient (Wildman–Crippen LogP) is 1.92. The van der Waals surface area contributed by atoms with E-state index in [4.69, 9.17) is 15.2 Å². The predicted molar refractivity (Wildman–Crippen MR) is 78.0 cm³/mol. The summed E-state index contributed by atoms with van der Waals surface area (Å²) < 4.78 is 10.9. The Morgan fingerprint density at radius 2 is 2.30 bits per heavy atom. The first kappa shape index (κ1) is 14.7. The van der Waals surface area contributed by atoms with Gasteiger partial charge in [0, 0.05) is 25.9 Å². The number of hydrogen-bond donors (Lipinski definition) is 1. The Kier molecular flexibility index (Phi) is 4.84. The smallest absolute Gasteiger partial charge is 0.257 e. The monoisotopic (exact) mass is 278 g/mol. The van der Waals surface area contributed by atoms with Crippen molar-refractivity contribution in [2.24, 2.45) is 0 Å². The lowest BCUT2D eigenvalue weighted by Gasteiger charge is -2.27. The maximum Gasteiger partial charge on any atom is 0.257 e. The maximum atomic E-state index is 12.5. The molecule has 1 unspecified atom stereocenters. The number of methoxy groups -OCH3 is 1. The molecule has 1 atom stereocenters. The molecule has 2 rings (SSSR count). The van der Waals surface area contributed by atoms with E-state index in [1.54, 1.807) is 37.3 Å². The second-order valence-corrected chi connectivity index (χ2v) is 5.13. The minimum Gasteiger partial charge on any atom is -0.496 e. The molecule has 1 aromatic carbocycles. The van der Waals surface area contributed by atoms with Crippen molar-refractivity contribution in [1.82, 2.24) is 4.90 Å². The molecule has 0 spiro atoms. The van der Waals surface area contributed by atoms with Crippen molar-refractivity contribution in [2.75, 3.05) is 33.0 Å². The first-order valence-corrected chi connectivity index (χ1v) is 6.92. The van der Waals surface area contributed by atoms with Crippen molar-refractivity contribution in [3.8, 4) is 5.75 Å². The lowest BCUT2D eigenvalue weighted by molar-refractivity contribution is -0.000238. The van der Waals surface area contributed by atoms with Gasteiger partial charge < -0.3 is 20.1 Å². The molecule has 0 aliphatic carbocycles. The van der Waals surface area contributed by atoms with Gasteiger partial charge in [0.25, 0.3) is 5.91 Å². The molecule has 1 aliphatic heterocycles. The summed E-state index contributed by atoms with van der Waals surface area (Å²) in [5, 5.41) is 0. The normalized spacial score (nSPS) is 18.6. The summed E-state index contributed by atoms with van der Waals surface area (Å²) >= 11 is 0. The van der Waals surface area contributed by atoms with Crippen molar-refractivity contribution in [1.29, 1.82) is 0 Å². The Balaban J connectivity index is 2.07. The number of benzene rings is 1. The van der Waals surface area contributed by atoms with Crippen LogP contribution in [0.15, 0.2) is 18.2 Å². The fourth-order valence-corrected chi connectivity index (χ4v) is 2.44. The number of amides is 1. The van der Waals surface area contributed by atoms with Gasteiger partial charge in [0.05, 0.1) is 18.8 Å². The minimum absolute atomic E-state index is 0.0941. The quantitative estimate of drug-likeness (QED) is 0.855. The highest BCUT2D eigenvalue weighted by atomic mass is 16.5. The number of carbonyl (C=O) groups is 1. The number of likely N-dealkylation sites (N-methyl/N-ethyl adjacent to an activating group) is 1. The van der Waals surface area contributed by atoms with Crippen LogP contribution in [0, 0.1) is 0 Å². The number of nitrogens with two attached hydrogens (primary N) is 1. The van der Waals surface area contributed by atoms with Gasteiger partial charge in [0.1, 0.15) is 5.75 Å². The number of anilines is 1. The highest BCUT2D eigenvalue weighted by molar-refractivity contribution is 5.97. The second kappa shape index (κ2) is 6.61. The van der Waals surface area contributed by atoms with Crippen molar-refractivity contribution in [2.45, 2.75) is 25.4 Å². The molecule has 20 heavy (non-hydrogen) atoms. The third-order valence-electron chi connectivity index (χ3n) is 3.55. The third-order valence-corrected chi connectivity index (χ3v) is 3.55. The van der Waals surface area contributed by atoms with Crippen molar-refractivity contribution >= 4 is 11.6 Å². The van der Waals surface area contributed by atoms with Crippen LogP contribution in [0.4, 0.5) is 5.69 Å². The Labute approximate surface area is 119 Å². The fourth-order valence-electron chi connectivity index (χ4n) is 2.44. The first-order valence-electron chi connectivity index (χ1n) is 6.92. The van der Waals surface area contributed by atoms with Crippen LogP contribution in [0.2, 0.25) is 0 Å². The standard InChI is InChI=1S/C15H22N2O3/c1-17(10-12-5-3-4-8-20-12)15(18)13-9-11(16)6-7-14(13)19-2/h6-7,9,12H,3-5,8,10,16H2,1-2H3. The molecule has 110 valence electrons. The highest BCUT2D eigenvalue weighted by Crippen LogP contribution is 2.23. The SMILES string of the molecule is COc1ccc(N)cc1C(=O)N(C)CC1CCCCO1. The van der Waals surface area contributed by atoms with Crippen molar-refractivity contribution < 1.29 is 14.3 Å². The summed E-state index contributed by atoms with van der Waals surface area (Å²) in [5.41, 5.74) is 6.80. The van der Waals surface area contributed by atoms with E-state index in [2.05, 4.69) is 0 Å². The molecule has 0 saturated carbocycles. The van der Waals surface area contributed by atoms with E-state index in [0.717, 1.165) is 25.9 Å². The van der Waals surface area contributed by atoms with Gasteiger partial charge >= 0.3 is 0 Å². The van der Waals surface area contributed by atoms with E-state index >= 15 is 0 Å². The molecule has 1 fully saturated rings. The molecule has 1 aliphatic rings. The summed E-state index contributed by atoms with van der Waals surface area (Å²) in [6, 6.07) is 5.09. The van der Waals surface area contributed by atoms with Crippen molar-refractivity contribution in [3.63, 3.8) is 0 Å². The maximum absolute atomic E-state index is 12.5. The molecule has 1 heterocycles. The second-order valence-electron chi connectivity index (χ2n) is 5.13. The zero-order valence-electron chi connectivity index (χ0n) is 12.1. The van der Waals surface area contributed by atoms with Crippen LogP contribution >= 0.6 is 0 Å². The van der Waals surface area contributed by atoms with Gasteiger partial charge in [0.2, 0.25) is 0 Å². The van der Waals surface area contributed by atoms with Crippen LogP contribution in [0.3, 0.4) is 0 Å². The van der Waals surface area contributed by atoms with Gasteiger partial charge in [-0.25, -0.2) is 0 Å². The Hall–Kier alpha value is -1.75. The molecule has 2 N–H and O–H groups in total. The molecule has 0 aromatic heterocycles.